The number of hydrogen-bond acceptors (Lipinski definition) is 6. The predicted molar refractivity (Wildman–Crippen MR) is 128 cm³/mol. The predicted octanol–water partition coefficient (Wildman–Crippen LogP) is 4.36. The maximum atomic E-state index is 13.6. The van der Waals surface area contributed by atoms with Gasteiger partial charge in [-0.2, -0.15) is 24.5 Å². The van der Waals surface area contributed by atoms with E-state index in [0.717, 1.165) is 34.4 Å². The molecule has 13 heteroatoms. The minimum atomic E-state index is -5.08. The fraction of sp³-hybridized carbons (Fsp3) is 0.250. The van der Waals surface area contributed by atoms with Gasteiger partial charge in [0.05, 0.1) is 17.1 Å². The molecule has 3 aromatic heterocycles. The number of likely N-dealkylation sites (N-methyl/N-ethyl adjacent to an activating group) is 1. The summed E-state index contributed by atoms with van der Waals surface area (Å²) in [7, 11) is 2.05. The van der Waals surface area contributed by atoms with Gasteiger partial charge in [0.25, 0.3) is 5.91 Å². The molecule has 1 aliphatic heterocycles. The molecule has 1 aromatic carbocycles. The molecule has 0 saturated carbocycles. The van der Waals surface area contributed by atoms with Gasteiger partial charge in [-0.05, 0) is 42.3 Å². The number of aromatic nitrogens is 3. The number of thiophene rings is 1. The van der Waals surface area contributed by atoms with Crippen molar-refractivity contribution < 1.29 is 32.3 Å². The molecule has 1 fully saturated rings. The number of halogens is 4. The largest absolute Gasteiger partial charge is 0.490 e. The zero-order chi connectivity index (χ0) is 26.7. The van der Waals surface area contributed by atoms with E-state index in [-0.39, 0.29) is 17.8 Å². The normalized spacial score (nSPS) is 16.4. The lowest BCUT2D eigenvalue weighted by Gasteiger charge is -2.38. The molecule has 194 valence electrons. The molecule has 4 aromatic rings. The summed E-state index contributed by atoms with van der Waals surface area (Å²) in [5, 5.41) is 19.7. The van der Waals surface area contributed by atoms with Crippen LogP contribution in [0.15, 0.2) is 59.4 Å². The van der Waals surface area contributed by atoms with Crippen LogP contribution in [-0.4, -0.2) is 74.5 Å². The first-order chi connectivity index (χ1) is 17.5. The first-order valence-corrected chi connectivity index (χ1v) is 11.9. The van der Waals surface area contributed by atoms with Crippen molar-refractivity contribution in [2.24, 2.45) is 0 Å². The lowest BCUT2D eigenvalue weighted by atomic mass is 10.1. The second-order valence-electron chi connectivity index (χ2n) is 8.30. The number of nitrogens with zero attached hydrogens (tertiary/aromatic N) is 5. The van der Waals surface area contributed by atoms with Crippen LogP contribution >= 0.6 is 11.3 Å². The van der Waals surface area contributed by atoms with Crippen molar-refractivity contribution >= 4 is 28.7 Å². The molecule has 1 amide bonds. The van der Waals surface area contributed by atoms with Crippen molar-refractivity contribution in [3.8, 4) is 11.1 Å². The third kappa shape index (κ3) is 5.94. The van der Waals surface area contributed by atoms with E-state index in [1.54, 1.807) is 10.6 Å². The van der Waals surface area contributed by atoms with Crippen LogP contribution < -0.4 is 0 Å². The van der Waals surface area contributed by atoms with E-state index in [0.29, 0.717) is 13.1 Å². The number of benzene rings is 1. The molecule has 0 aliphatic carbocycles. The summed E-state index contributed by atoms with van der Waals surface area (Å²) < 4.78 is 47.1. The van der Waals surface area contributed by atoms with Crippen LogP contribution in [0.4, 0.5) is 17.6 Å². The van der Waals surface area contributed by atoms with Crippen molar-refractivity contribution in [1.82, 2.24) is 24.6 Å². The zero-order valence-corrected chi connectivity index (χ0v) is 20.2. The number of fused-ring (bicyclic) bond motifs is 1. The highest BCUT2D eigenvalue weighted by atomic mass is 32.1. The maximum absolute atomic E-state index is 13.6. The highest BCUT2D eigenvalue weighted by molar-refractivity contribution is 7.08. The maximum Gasteiger partial charge on any atom is 0.490 e. The summed E-state index contributed by atoms with van der Waals surface area (Å²) in [5.74, 6) is -2.97. The average Bonchev–Trinajstić information content (AvgIpc) is 3.54. The van der Waals surface area contributed by atoms with E-state index in [1.807, 2.05) is 53.2 Å². The highest BCUT2D eigenvalue weighted by Gasteiger charge is 2.38. The van der Waals surface area contributed by atoms with Crippen LogP contribution in [0.1, 0.15) is 22.1 Å². The standard InChI is InChI=1S/C22H20FN5OS.C2HF3O2/c1-26-8-9-27(22(29)17-7-10-30-14-17)13-20(26)21-19-6-5-16(12-28(19)25-24-21)15-3-2-4-18(23)11-15;3-2(4,5)1(6)7/h2-7,10-12,14,20H,8-9,13H2,1H3;(H,6,7). The topological polar surface area (TPSA) is 91.0 Å². The molecule has 37 heavy (non-hydrogen) atoms. The summed E-state index contributed by atoms with van der Waals surface area (Å²) in [6.45, 7) is 2.01. The first-order valence-electron chi connectivity index (χ1n) is 11.0. The number of carbonyl (C=O) groups is 2. The molecule has 0 radical (unpaired) electrons. The Labute approximate surface area is 212 Å². The van der Waals surface area contributed by atoms with Crippen LogP contribution in [0.2, 0.25) is 0 Å². The summed E-state index contributed by atoms with van der Waals surface area (Å²) in [4.78, 5) is 25.8. The van der Waals surface area contributed by atoms with Crippen molar-refractivity contribution in [2.45, 2.75) is 12.2 Å². The van der Waals surface area contributed by atoms with Crippen molar-refractivity contribution in [1.29, 1.82) is 0 Å². The molecule has 1 N–H and O–H groups in total. The molecule has 5 rings (SSSR count). The summed E-state index contributed by atoms with van der Waals surface area (Å²) in [6, 6.07) is 12.2. The summed E-state index contributed by atoms with van der Waals surface area (Å²) in [6.07, 6.45) is -3.22. The SMILES string of the molecule is CN1CCN(C(=O)c2ccsc2)CC1c1nnn2cc(-c3cccc(F)c3)ccc12.O=C(O)C(F)(F)F. The Morgan fingerprint density at radius 2 is 1.86 bits per heavy atom. The van der Waals surface area contributed by atoms with Gasteiger partial charge < -0.3 is 10.0 Å². The van der Waals surface area contributed by atoms with E-state index in [1.165, 1.54) is 23.5 Å². The molecular formula is C24H21F4N5O3S. The lowest BCUT2D eigenvalue weighted by molar-refractivity contribution is -0.192. The number of piperazine rings is 1. The second kappa shape index (κ2) is 10.6. The van der Waals surface area contributed by atoms with Crippen LogP contribution in [-0.2, 0) is 4.79 Å². The van der Waals surface area contributed by atoms with Crippen LogP contribution in [0, 0.1) is 5.82 Å². The minimum Gasteiger partial charge on any atom is -0.475 e. The Bertz CT molecular complexity index is 1410. The molecule has 1 aliphatic rings. The average molecular weight is 536 g/mol. The Hall–Kier alpha value is -3.84. The van der Waals surface area contributed by atoms with Gasteiger partial charge in [0.1, 0.15) is 11.5 Å². The Morgan fingerprint density at radius 3 is 2.51 bits per heavy atom. The molecule has 4 heterocycles. The zero-order valence-electron chi connectivity index (χ0n) is 19.4. The van der Waals surface area contributed by atoms with Crippen LogP contribution in [0.25, 0.3) is 16.6 Å². The van der Waals surface area contributed by atoms with E-state index >= 15 is 0 Å². The number of rotatable bonds is 3. The second-order valence-corrected chi connectivity index (χ2v) is 9.08. The van der Waals surface area contributed by atoms with Gasteiger partial charge in [0.15, 0.2) is 0 Å². The molecule has 1 atom stereocenters. The monoisotopic (exact) mass is 535 g/mol. The first kappa shape index (κ1) is 26.2. The molecule has 8 nitrogen and oxygen atoms in total. The van der Waals surface area contributed by atoms with Gasteiger partial charge in [0.2, 0.25) is 0 Å². The summed E-state index contributed by atoms with van der Waals surface area (Å²) in [5.41, 5.74) is 4.11. The van der Waals surface area contributed by atoms with Gasteiger partial charge >= 0.3 is 12.1 Å². The smallest absolute Gasteiger partial charge is 0.475 e. The van der Waals surface area contributed by atoms with Gasteiger partial charge in [-0.25, -0.2) is 13.7 Å². The molecular weight excluding hydrogens is 514 g/mol. The third-order valence-corrected chi connectivity index (χ3v) is 6.54. The number of carbonyl (C=O) groups excluding carboxylic acids is 1. The van der Waals surface area contributed by atoms with E-state index in [9.17, 15) is 22.4 Å². The van der Waals surface area contributed by atoms with E-state index in [4.69, 9.17) is 9.90 Å². The molecule has 0 spiro atoms. The van der Waals surface area contributed by atoms with Gasteiger partial charge in [-0.15, -0.1) is 5.10 Å². The van der Waals surface area contributed by atoms with Crippen molar-refractivity contribution in [2.75, 3.05) is 26.7 Å². The number of alkyl halides is 3. The van der Waals surface area contributed by atoms with Crippen LogP contribution in [0.5, 0.6) is 0 Å². The highest BCUT2D eigenvalue weighted by Crippen LogP contribution is 2.28. The minimum absolute atomic E-state index is 0.0427. The Morgan fingerprint density at radius 1 is 1.11 bits per heavy atom. The van der Waals surface area contributed by atoms with Gasteiger partial charge in [0, 0.05) is 36.8 Å². The molecule has 1 unspecified atom stereocenters. The number of carboxylic acid groups (broad SMARTS) is 1. The van der Waals surface area contributed by atoms with Gasteiger partial charge in [-0.1, -0.05) is 23.4 Å². The number of carboxylic acids is 1. The molecule has 1 saturated heterocycles. The van der Waals surface area contributed by atoms with Crippen LogP contribution in [0.3, 0.4) is 0 Å². The van der Waals surface area contributed by atoms with E-state index in [2.05, 4.69) is 15.2 Å². The Kier molecular flexibility index (Phi) is 7.55. The van der Waals surface area contributed by atoms with Gasteiger partial charge in [-0.3, -0.25) is 9.69 Å². The lowest BCUT2D eigenvalue weighted by Crippen LogP contribution is -2.49. The molecule has 0 bridgehead atoms. The number of hydrogen-bond donors (Lipinski definition) is 1. The Balaban J connectivity index is 0.000000405. The third-order valence-electron chi connectivity index (χ3n) is 5.86. The number of amides is 1. The van der Waals surface area contributed by atoms with Crippen molar-refractivity contribution in [3.63, 3.8) is 0 Å². The quantitative estimate of drug-likeness (QED) is 0.392. The van der Waals surface area contributed by atoms with Crippen molar-refractivity contribution in [3.05, 3.63) is 76.5 Å². The fourth-order valence-electron chi connectivity index (χ4n) is 3.91. The number of pyridine rings is 1. The summed E-state index contributed by atoms with van der Waals surface area (Å²) >= 11 is 1.53. The fourth-order valence-corrected chi connectivity index (χ4v) is 4.54. The number of aliphatic carboxylic acids is 1. The van der Waals surface area contributed by atoms with E-state index < -0.39 is 12.1 Å².